The second-order valence-electron chi connectivity index (χ2n) is 7.72. The zero-order valence-electron chi connectivity index (χ0n) is 15.9. The highest BCUT2D eigenvalue weighted by Crippen LogP contribution is 2.35. The van der Waals surface area contributed by atoms with Gasteiger partial charge in [0.25, 0.3) is 5.91 Å². The van der Waals surface area contributed by atoms with E-state index >= 15 is 0 Å². The van der Waals surface area contributed by atoms with Crippen LogP contribution in [0.15, 0.2) is 48.5 Å². The van der Waals surface area contributed by atoms with Crippen molar-refractivity contribution >= 4 is 11.9 Å². The summed E-state index contributed by atoms with van der Waals surface area (Å²) in [7, 11) is 0. The van der Waals surface area contributed by atoms with Gasteiger partial charge in [-0.2, -0.15) is 0 Å². The predicted molar refractivity (Wildman–Crippen MR) is 107 cm³/mol. The minimum atomic E-state index is -0.995. The van der Waals surface area contributed by atoms with Crippen LogP contribution in [0.3, 0.4) is 0 Å². The second kappa shape index (κ2) is 7.76. The number of hydrogen-bond donors (Lipinski definition) is 1. The van der Waals surface area contributed by atoms with Gasteiger partial charge in [0.15, 0.2) is 0 Å². The first-order chi connectivity index (χ1) is 13.6. The fourth-order valence-corrected chi connectivity index (χ4v) is 4.50. The molecule has 146 valence electrons. The van der Waals surface area contributed by atoms with Gasteiger partial charge >= 0.3 is 5.97 Å². The molecule has 0 bridgehead atoms. The molecule has 1 saturated carbocycles. The first-order valence-electron chi connectivity index (χ1n) is 9.95. The predicted octanol–water partition coefficient (Wildman–Crippen LogP) is 4.23. The molecule has 4 rings (SSSR count). The normalized spacial score (nSPS) is 18.8. The molecule has 5 heteroatoms. The quantitative estimate of drug-likeness (QED) is 0.867. The molecule has 1 aliphatic carbocycles. The van der Waals surface area contributed by atoms with Crippen LogP contribution in [0.5, 0.6) is 0 Å². The van der Waals surface area contributed by atoms with Crippen LogP contribution >= 0.6 is 0 Å². The lowest BCUT2D eigenvalue weighted by atomic mass is 9.83. The van der Waals surface area contributed by atoms with Crippen LogP contribution in [-0.4, -0.2) is 47.2 Å². The van der Waals surface area contributed by atoms with Gasteiger partial charge in [0.2, 0.25) is 0 Å². The van der Waals surface area contributed by atoms with Crippen LogP contribution in [0.4, 0.5) is 0 Å². The van der Waals surface area contributed by atoms with E-state index in [1.165, 1.54) is 6.42 Å². The number of aromatic carboxylic acids is 1. The van der Waals surface area contributed by atoms with Crippen LogP contribution < -0.4 is 0 Å². The molecule has 0 atom stereocenters. The van der Waals surface area contributed by atoms with Crippen molar-refractivity contribution in [3.63, 3.8) is 0 Å². The van der Waals surface area contributed by atoms with E-state index in [2.05, 4.69) is 0 Å². The maximum atomic E-state index is 13.4. The number of amides is 1. The van der Waals surface area contributed by atoms with Gasteiger partial charge in [0.05, 0.1) is 24.3 Å². The van der Waals surface area contributed by atoms with Crippen LogP contribution in [0.25, 0.3) is 11.1 Å². The molecule has 1 heterocycles. The second-order valence-corrected chi connectivity index (χ2v) is 7.72. The smallest absolute Gasteiger partial charge is 0.336 e. The number of carbonyl (C=O) groups excluding carboxylic acids is 1. The number of ether oxygens (including phenoxy) is 1. The highest BCUT2D eigenvalue weighted by molar-refractivity contribution is 6.04. The maximum absolute atomic E-state index is 13.4. The fourth-order valence-electron chi connectivity index (χ4n) is 4.50. The number of hydrogen-bond acceptors (Lipinski definition) is 3. The summed E-state index contributed by atoms with van der Waals surface area (Å²) in [5.74, 6) is -1.05. The molecule has 5 nitrogen and oxygen atoms in total. The molecule has 28 heavy (non-hydrogen) atoms. The summed E-state index contributed by atoms with van der Waals surface area (Å²) < 4.78 is 6.12. The van der Waals surface area contributed by atoms with E-state index in [0.29, 0.717) is 36.4 Å². The van der Waals surface area contributed by atoms with Gasteiger partial charge in [-0.3, -0.25) is 4.79 Å². The Morgan fingerprint density at radius 3 is 2.18 bits per heavy atom. The SMILES string of the molecule is O=C(O)c1ccccc1-c1ccccc1C(=O)N1CCOC2(CCCCC2)C1. The first kappa shape index (κ1) is 18.7. The topological polar surface area (TPSA) is 66.8 Å². The van der Waals surface area contributed by atoms with Crippen LogP contribution in [0, 0.1) is 0 Å². The van der Waals surface area contributed by atoms with E-state index in [0.717, 1.165) is 25.7 Å². The van der Waals surface area contributed by atoms with E-state index in [1.807, 2.05) is 23.1 Å². The Morgan fingerprint density at radius 1 is 0.893 bits per heavy atom. The molecule has 2 aliphatic rings. The van der Waals surface area contributed by atoms with Gasteiger partial charge < -0.3 is 14.7 Å². The van der Waals surface area contributed by atoms with Gasteiger partial charge in [0, 0.05) is 12.1 Å². The molecule has 0 radical (unpaired) electrons. The van der Waals surface area contributed by atoms with Crippen molar-refractivity contribution in [2.45, 2.75) is 37.7 Å². The van der Waals surface area contributed by atoms with Crippen LogP contribution in [-0.2, 0) is 4.74 Å². The Bertz CT molecular complexity index is 880. The van der Waals surface area contributed by atoms with E-state index in [9.17, 15) is 14.7 Å². The maximum Gasteiger partial charge on any atom is 0.336 e. The third kappa shape index (κ3) is 3.54. The standard InChI is InChI=1S/C23H25NO4/c25-21(24-14-15-28-23(16-24)12-6-1-7-13-23)19-10-4-2-8-17(19)18-9-3-5-11-20(18)22(26)27/h2-5,8-11H,1,6-7,12-16H2,(H,26,27). The molecular formula is C23H25NO4. The summed E-state index contributed by atoms with van der Waals surface area (Å²) in [6.45, 7) is 1.73. The number of nitrogens with zero attached hydrogens (tertiary/aromatic N) is 1. The van der Waals surface area contributed by atoms with Gasteiger partial charge in [-0.05, 0) is 36.1 Å². The Labute approximate surface area is 164 Å². The molecule has 2 fully saturated rings. The Balaban J connectivity index is 1.67. The largest absolute Gasteiger partial charge is 0.478 e. The molecule has 1 spiro atoms. The lowest BCUT2D eigenvalue weighted by Gasteiger charge is -2.45. The monoisotopic (exact) mass is 379 g/mol. The van der Waals surface area contributed by atoms with Crippen LogP contribution in [0.2, 0.25) is 0 Å². The summed E-state index contributed by atoms with van der Waals surface area (Å²) in [5.41, 5.74) is 1.77. The van der Waals surface area contributed by atoms with Crippen molar-refractivity contribution in [3.05, 3.63) is 59.7 Å². The molecule has 1 N–H and O–H groups in total. The zero-order valence-corrected chi connectivity index (χ0v) is 15.9. The minimum Gasteiger partial charge on any atom is -0.478 e. The number of carboxylic acid groups (broad SMARTS) is 1. The lowest BCUT2D eigenvalue weighted by Crippen LogP contribution is -2.54. The third-order valence-electron chi connectivity index (χ3n) is 5.91. The number of carbonyl (C=O) groups is 2. The summed E-state index contributed by atoms with van der Waals surface area (Å²) in [6, 6.07) is 14.1. The van der Waals surface area contributed by atoms with E-state index in [1.54, 1.807) is 30.3 Å². The van der Waals surface area contributed by atoms with Gasteiger partial charge in [-0.15, -0.1) is 0 Å². The van der Waals surface area contributed by atoms with E-state index in [-0.39, 0.29) is 17.1 Å². The van der Waals surface area contributed by atoms with Crippen LogP contribution in [0.1, 0.15) is 52.8 Å². The molecule has 1 aliphatic heterocycles. The van der Waals surface area contributed by atoms with Gasteiger partial charge in [-0.1, -0.05) is 55.7 Å². The molecule has 0 aromatic heterocycles. The van der Waals surface area contributed by atoms with Crippen molar-refractivity contribution < 1.29 is 19.4 Å². The summed E-state index contributed by atoms with van der Waals surface area (Å²) in [4.78, 5) is 27.0. The number of benzene rings is 2. The molecular weight excluding hydrogens is 354 g/mol. The van der Waals surface area contributed by atoms with E-state index < -0.39 is 5.97 Å². The zero-order chi connectivity index (χ0) is 19.6. The average molecular weight is 379 g/mol. The first-order valence-corrected chi connectivity index (χ1v) is 9.95. The molecule has 0 unspecified atom stereocenters. The lowest BCUT2D eigenvalue weighted by molar-refractivity contribution is -0.117. The average Bonchev–Trinajstić information content (AvgIpc) is 2.74. The van der Waals surface area contributed by atoms with Crippen molar-refractivity contribution in [1.82, 2.24) is 4.90 Å². The Hall–Kier alpha value is -2.66. The summed E-state index contributed by atoms with van der Waals surface area (Å²) in [6.07, 6.45) is 5.52. The summed E-state index contributed by atoms with van der Waals surface area (Å²) >= 11 is 0. The Morgan fingerprint density at radius 2 is 1.50 bits per heavy atom. The van der Waals surface area contributed by atoms with Crippen molar-refractivity contribution in [2.75, 3.05) is 19.7 Å². The third-order valence-corrected chi connectivity index (χ3v) is 5.91. The molecule has 1 saturated heterocycles. The number of carboxylic acids is 1. The number of morpholine rings is 1. The highest BCUT2D eigenvalue weighted by Gasteiger charge is 2.39. The highest BCUT2D eigenvalue weighted by atomic mass is 16.5. The van der Waals surface area contributed by atoms with Gasteiger partial charge in [-0.25, -0.2) is 4.79 Å². The minimum absolute atomic E-state index is 0.0518. The fraction of sp³-hybridized carbons (Fsp3) is 0.391. The molecule has 1 amide bonds. The molecule has 2 aromatic rings. The van der Waals surface area contributed by atoms with Crippen molar-refractivity contribution in [1.29, 1.82) is 0 Å². The molecule has 2 aromatic carbocycles. The summed E-state index contributed by atoms with van der Waals surface area (Å²) in [5, 5.41) is 9.56. The van der Waals surface area contributed by atoms with Crippen molar-refractivity contribution in [3.8, 4) is 11.1 Å². The Kier molecular flexibility index (Phi) is 5.18. The van der Waals surface area contributed by atoms with E-state index in [4.69, 9.17) is 4.74 Å². The van der Waals surface area contributed by atoms with Gasteiger partial charge in [0.1, 0.15) is 0 Å². The number of rotatable bonds is 3. The van der Waals surface area contributed by atoms with Crippen molar-refractivity contribution in [2.24, 2.45) is 0 Å².